The summed E-state index contributed by atoms with van der Waals surface area (Å²) in [5.74, 6) is 0.792. The molecule has 5 nitrogen and oxygen atoms in total. The number of fused-ring (bicyclic) bond motifs is 8. The Labute approximate surface area is 288 Å². The van der Waals surface area contributed by atoms with Crippen molar-refractivity contribution in [2.75, 3.05) is 5.32 Å². The van der Waals surface area contributed by atoms with E-state index in [1.807, 2.05) is 36.4 Å². The van der Waals surface area contributed by atoms with Crippen molar-refractivity contribution < 1.29 is 0 Å². The summed E-state index contributed by atoms with van der Waals surface area (Å²) in [5.41, 5.74) is 11.6. The van der Waals surface area contributed by atoms with Crippen LogP contribution in [0, 0.1) is 11.3 Å². The molecule has 5 heteroatoms. The minimum atomic E-state index is -0.228. The van der Waals surface area contributed by atoms with E-state index < -0.39 is 0 Å². The minimum absolute atomic E-state index is 0.228. The molecule has 1 unspecified atom stereocenters. The molecule has 10 rings (SSSR count). The SMILES string of the molecule is N#Cc1ccc2c(c1)NC(c1ccccc1)=NC2c1ccc(-n2c3ccccc3c3ccc4c5ccccc5n(-c5ccccc5)c4c32)cc1. The van der Waals surface area contributed by atoms with Crippen LogP contribution in [-0.2, 0) is 0 Å². The minimum Gasteiger partial charge on any atom is -0.340 e. The number of para-hydroxylation sites is 3. The fourth-order valence-corrected chi connectivity index (χ4v) is 7.75. The second-order valence-corrected chi connectivity index (χ2v) is 12.8. The molecule has 2 aromatic heterocycles. The summed E-state index contributed by atoms with van der Waals surface area (Å²) in [5, 5.41) is 18.0. The van der Waals surface area contributed by atoms with Gasteiger partial charge in [-0.3, -0.25) is 4.99 Å². The molecule has 1 atom stereocenters. The Hall–Kier alpha value is -6.90. The second kappa shape index (κ2) is 11.1. The van der Waals surface area contributed by atoms with Crippen molar-refractivity contribution in [1.82, 2.24) is 9.13 Å². The van der Waals surface area contributed by atoms with E-state index in [1.54, 1.807) is 0 Å². The molecule has 234 valence electrons. The zero-order valence-corrected chi connectivity index (χ0v) is 27.0. The highest BCUT2D eigenvalue weighted by Gasteiger charge is 2.25. The van der Waals surface area contributed by atoms with Gasteiger partial charge in [0.25, 0.3) is 0 Å². The van der Waals surface area contributed by atoms with Gasteiger partial charge in [-0.25, -0.2) is 0 Å². The van der Waals surface area contributed by atoms with Crippen LogP contribution in [-0.4, -0.2) is 15.0 Å². The number of nitriles is 1. The summed E-state index contributed by atoms with van der Waals surface area (Å²) < 4.78 is 4.83. The van der Waals surface area contributed by atoms with E-state index in [0.717, 1.165) is 45.1 Å². The second-order valence-electron chi connectivity index (χ2n) is 12.8. The lowest BCUT2D eigenvalue weighted by Gasteiger charge is -2.26. The molecule has 0 bridgehead atoms. The molecule has 0 aliphatic carbocycles. The molecule has 50 heavy (non-hydrogen) atoms. The molecule has 7 aromatic carbocycles. The van der Waals surface area contributed by atoms with Gasteiger partial charge < -0.3 is 14.5 Å². The van der Waals surface area contributed by atoms with E-state index in [-0.39, 0.29) is 6.04 Å². The van der Waals surface area contributed by atoms with E-state index in [2.05, 4.69) is 148 Å². The summed E-state index contributed by atoms with van der Waals surface area (Å²) in [7, 11) is 0. The van der Waals surface area contributed by atoms with Crippen LogP contribution in [0.5, 0.6) is 0 Å². The number of aromatic nitrogens is 2. The Kier molecular flexibility index (Phi) is 6.24. The molecule has 3 heterocycles. The first-order valence-electron chi connectivity index (χ1n) is 16.8. The highest BCUT2D eigenvalue weighted by molar-refractivity contribution is 6.23. The van der Waals surface area contributed by atoms with E-state index in [9.17, 15) is 5.26 Å². The Morgan fingerprint density at radius 2 is 1.10 bits per heavy atom. The summed E-state index contributed by atoms with van der Waals surface area (Å²) in [6.07, 6.45) is 0. The maximum atomic E-state index is 9.65. The average molecular weight is 640 g/mol. The predicted octanol–water partition coefficient (Wildman–Crippen LogP) is 10.7. The lowest BCUT2D eigenvalue weighted by atomic mass is 9.94. The fraction of sp³-hybridized carbons (Fsp3) is 0.0222. The number of benzene rings is 7. The van der Waals surface area contributed by atoms with Gasteiger partial charge in [-0.2, -0.15) is 5.26 Å². The molecule has 1 aliphatic rings. The molecule has 0 saturated heterocycles. The summed E-state index contributed by atoms with van der Waals surface area (Å²) in [6.45, 7) is 0. The number of hydrogen-bond acceptors (Lipinski definition) is 3. The highest BCUT2D eigenvalue weighted by Crippen LogP contribution is 2.42. The molecule has 0 radical (unpaired) electrons. The molecule has 0 amide bonds. The van der Waals surface area contributed by atoms with Crippen LogP contribution in [0.4, 0.5) is 5.69 Å². The lowest BCUT2D eigenvalue weighted by molar-refractivity contribution is 0.862. The van der Waals surface area contributed by atoms with Crippen molar-refractivity contribution in [3.05, 3.63) is 186 Å². The first-order chi connectivity index (χ1) is 24.8. The number of rotatable bonds is 4. The molecule has 0 saturated carbocycles. The average Bonchev–Trinajstić information content (AvgIpc) is 3.71. The molecular formula is C45H29N5. The van der Waals surface area contributed by atoms with E-state index in [1.165, 1.54) is 38.1 Å². The normalized spacial score (nSPS) is 14.1. The van der Waals surface area contributed by atoms with Gasteiger partial charge >= 0.3 is 0 Å². The predicted molar refractivity (Wildman–Crippen MR) is 205 cm³/mol. The number of amidine groups is 1. The van der Waals surface area contributed by atoms with Gasteiger partial charge in [-0.1, -0.05) is 115 Å². The Morgan fingerprint density at radius 3 is 1.72 bits per heavy atom. The van der Waals surface area contributed by atoms with E-state index in [0.29, 0.717) is 5.56 Å². The summed E-state index contributed by atoms with van der Waals surface area (Å²) in [6, 6.07) is 59.5. The monoisotopic (exact) mass is 639 g/mol. The molecule has 0 spiro atoms. The third-order valence-electron chi connectivity index (χ3n) is 9.99. The Morgan fingerprint density at radius 1 is 0.540 bits per heavy atom. The number of nitrogens with one attached hydrogen (secondary N) is 1. The van der Waals surface area contributed by atoms with Crippen LogP contribution in [0.15, 0.2) is 169 Å². The van der Waals surface area contributed by atoms with Crippen LogP contribution < -0.4 is 5.32 Å². The van der Waals surface area contributed by atoms with Crippen molar-refractivity contribution in [1.29, 1.82) is 5.26 Å². The zero-order valence-electron chi connectivity index (χ0n) is 27.0. The van der Waals surface area contributed by atoms with Gasteiger partial charge in [-0.15, -0.1) is 0 Å². The van der Waals surface area contributed by atoms with Gasteiger partial charge in [0.15, 0.2) is 0 Å². The van der Waals surface area contributed by atoms with Crippen LogP contribution in [0.2, 0.25) is 0 Å². The first-order valence-corrected chi connectivity index (χ1v) is 16.8. The molecule has 9 aromatic rings. The Bertz CT molecular complexity index is 2840. The largest absolute Gasteiger partial charge is 0.340 e. The topological polar surface area (TPSA) is 58.0 Å². The van der Waals surface area contributed by atoms with Crippen LogP contribution in [0.1, 0.15) is 28.3 Å². The lowest BCUT2D eigenvalue weighted by Crippen LogP contribution is -2.22. The highest BCUT2D eigenvalue weighted by atomic mass is 15.1. The van der Waals surface area contributed by atoms with Crippen molar-refractivity contribution in [3.63, 3.8) is 0 Å². The van der Waals surface area contributed by atoms with E-state index >= 15 is 0 Å². The Balaban J connectivity index is 1.21. The number of anilines is 1. The zero-order chi connectivity index (χ0) is 33.2. The third kappa shape index (κ3) is 4.22. The van der Waals surface area contributed by atoms with Crippen molar-refractivity contribution in [2.24, 2.45) is 4.99 Å². The third-order valence-corrected chi connectivity index (χ3v) is 9.99. The molecule has 1 aliphatic heterocycles. The van der Waals surface area contributed by atoms with Gasteiger partial charge in [-0.05, 0) is 54.1 Å². The van der Waals surface area contributed by atoms with Gasteiger partial charge in [0.05, 0.1) is 33.7 Å². The molecule has 1 N–H and O–H groups in total. The van der Waals surface area contributed by atoms with Gasteiger partial charge in [0.1, 0.15) is 11.9 Å². The van der Waals surface area contributed by atoms with Gasteiger partial charge in [0.2, 0.25) is 0 Å². The van der Waals surface area contributed by atoms with Crippen LogP contribution >= 0.6 is 0 Å². The first kappa shape index (κ1) is 28.1. The maximum Gasteiger partial charge on any atom is 0.133 e. The number of nitrogens with zero attached hydrogens (tertiary/aromatic N) is 4. The van der Waals surface area contributed by atoms with E-state index in [4.69, 9.17) is 4.99 Å². The van der Waals surface area contributed by atoms with Crippen molar-refractivity contribution in [2.45, 2.75) is 6.04 Å². The molecule has 0 fully saturated rings. The smallest absolute Gasteiger partial charge is 0.133 e. The quantitative estimate of drug-likeness (QED) is 0.208. The van der Waals surface area contributed by atoms with Crippen molar-refractivity contribution in [3.8, 4) is 17.4 Å². The van der Waals surface area contributed by atoms with Crippen molar-refractivity contribution >= 4 is 55.1 Å². The number of aliphatic imine (C=N–C) groups is 1. The van der Waals surface area contributed by atoms with Crippen LogP contribution in [0.3, 0.4) is 0 Å². The standard InChI is InChI=1S/C45H29N5/c46-28-29-19-24-38-39(27-29)47-45(31-11-3-1-4-12-31)48-42(38)30-20-22-33(23-21-30)50-41-18-10-8-16-35(41)37-26-25-36-34-15-7-9-17-40(34)49(43(36)44(37)50)32-13-5-2-6-14-32/h1-27,42H,(H,47,48). The van der Waals surface area contributed by atoms with Gasteiger partial charge in [0, 0.05) is 49.7 Å². The summed E-state index contributed by atoms with van der Waals surface area (Å²) in [4.78, 5) is 5.23. The van der Waals surface area contributed by atoms with Crippen LogP contribution in [0.25, 0.3) is 55.0 Å². The maximum absolute atomic E-state index is 9.65. The fourth-order valence-electron chi connectivity index (χ4n) is 7.75. The summed E-state index contributed by atoms with van der Waals surface area (Å²) >= 11 is 0. The number of hydrogen-bond donors (Lipinski definition) is 1. The molecular weight excluding hydrogens is 611 g/mol.